The average Bonchev–Trinajstić information content (AvgIpc) is 2.59. The first-order valence-corrected chi connectivity index (χ1v) is 11.6. The van der Waals surface area contributed by atoms with Crippen molar-refractivity contribution in [3.05, 3.63) is 28.7 Å². The Hall–Kier alpha value is -1.41. The maximum Gasteiger partial charge on any atom is 0.350 e. The van der Waals surface area contributed by atoms with Crippen LogP contribution in [0.15, 0.2) is 28.7 Å². The lowest BCUT2D eigenvalue weighted by Gasteiger charge is -2.35. The number of anilines is 1. The van der Waals surface area contributed by atoms with Crippen LogP contribution in [0.5, 0.6) is 0 Å². The van der Waals surface area contributed by atoms with Gasteiger partial charge in [0.1, 0.15) is 11.3 Å². The minimum atomic E-state index is -4.59. The molecule has 0 aromatic heterocycles. The highest BCUT2D eigenvalue weighted by molar-refractivity contribution is 9.10. The second-order valence-corrected chi connectivity index (χ2v) is 9.92. The van der Waals surface area contributed by atoms with Crippen LogP contribution in [0, 0.1) is 5.92 Å². The lowest BCUT2D eigenvalue weighted by Crippen LogP contribution is -2.55. The Morgan fingerprint density at radius 3 is 2.11 bits per heavy atom. The second-order valence-electron chi connectivity index (χ2n) is 7.06. The van der Waals surface area contributed by atoms with Gasteiger partial charge in [-0.05, 0) is 49.4 Å². The molecule has 1 aromatic rings. The lowest BCUT2D eigenvalue weighted by molar-refractivity contribution is -0.124. The molecule has 0 heterocycles. The van der Waals surface area contributed by atoms with Crippen molar-refractivity contribution >= 4 is 41.2 Å². The fourth-order valence-corrected chi connectivity index (χ4v) is 4.13. The number of hydrogen-bond acceptors (Lipinski definition) is 3. The smallest absolute Gasteiger partial charge is 0.338 e. The number of carbonyl (C=O) groups is 2. The Balaban J connectivity index is 2.93. The van der Waals surface area contributed by atoms with Gasteiger partial charge in [0, 0.05) is 10.2 Å². The van der Waals surface area contributed by atoms with E-state index in [4.69, 9.17) is 0 Å². The zero-order valence-corrected chi connectivity index (χ0v) is 19.0. The van der Waals surface area contributed by atoms with Crippen molar-refractivity contribution in [2.24, 2.45) is 5.92 Å². The van der Waals surface area contributed by atoms with E-state index in [1.165, 1.54) is 0 Å². The number of nitrogens with one attached hydrogen (secondary N) is 3. The van der Waals surface area contributed by atoms with Crippen molar-refractivity contribution in [2.45, 2.75) is 58.3 Å². The number of amides is 3. The minimum absolute atomic E-state index is 0.0685. The highest BCUT2D eigenvalue weighted by atomic mass is 79.9. The first-order chi connectivity index (χ1) is 12.9. The summed E-state index contributed by atoms with van der Waals surface area (Å²) in [4.78, 5) is 44.6. The third kappa shape index (κ3) is 6.88. The zero-order chi connectivity index (χ0) is 21.5. The quantitative estimate of drug-likeness (QED) is 0.345. The summed E-state index contributed by atoms with van der Waals surface area (Å²) in [5.74, 6) is -0.539. The molecule has 1 atom stereocenters. The first-order valence-electron chi connectivity index (χ1n) is 9.14. The normalized spacial score (nSPS) is 13.1. The Morgan fingerprint density at radius 1 is 1.14 bits per heavy atom. The standard InChI is InChI=1S/C18H29BrN3O5P/c1-5-18(6-2,28(25,26)27)22-16(23)15(11-12(3)4)21-17(24)20-14-9-7-13(19)8-10-14/h7-10,12,15H,5-6,11H2,1-4H3,(H,22,23)(H2,20,21,24)(H2,25,26,27)/t15-/m0/s1. The minimum Gasteiger partial charge on any atom is -0.338 e. The number of rotatable bonds is 9. The summed E-state index contributed by atoms with van der Waals surface area (Å²) < 4.78 is 12.8. The molecule has 0 aliphatic carbocycles. The van der Waals surface area contributed by atoms with Crippen LogP contribution >= 0.6 is 23.5 Å². The Bertz CT molecular complexity index is 716. The van der Waals surface area contributed by atoms with E-state index in [-0.39, 0.29) is 18.8 Å². The molecule has 158 valence electrons. The molecular weight excluding hydrogens is 449 g/mol. The van der Waals surface area contributed by atoms with Crippen molar-refractivity contribution < 1.29 is 23.9 Å². The molecule has 28 heavy (non-hydrogen) atoms. The van der Waals surface area contributed by atoms with Crippen LogP contribution in [-0.2, 0) is 9.36 Å². The molecule has 0 bridgehead atoms. The fraction of sp³-hybridized carbons (Fsp3) is 0.556. The highest BCUT2D eigenvalue weighted by Crippen LogP contribution is 2.52. The predicted octanol–water partition coefficient (Wildman–Crippen LogP) is 3.80. The van der Waals surface area contributed by atoms with E-state index in [0.29, 0.717) is 12.1 Å². The van der Waals surface area contributed by atoms with E-state index in [9.17, 15) is 23.9 Å². The SMILES string of the molecule is CCC(CC)(NC(=O)[C@H](CC(C)C)NC(=O)Nc1ccc(Br)cc1)P(=O)(O)O. The van der Waals surface area contributed by atoms with Gasteiger partial charge in [0.15, 0.2) is 0 Å². The van der Waals surface area contributed by atoms with E-state index < -0.39 is 30.9 Å². The van der Waals surface area contributed by atoms with Crippen LogP contribution < -0.4 is 16.0 Å². The molecule has 1 aromatic carbocycles. The zero-order valence-electron chi connectivity index (χ0n) is 16.5. The van der Waals surface area contributed by atoms with Gasteiger partial charge < -0.3 is 25.7 Å². The molecule has 0 aliphatic rings. The molecule has 0 saturated carbocycles. The van der Waals surface area contributed by atoms with Gasteiger partial charge in [-0.25, -0.2) is 4.79 Å². The van der Waals surface area contributed by atoms with Crippen LogP contribution in [0.25, 0.3) is 0 Å². The van der Waals surface area contributed by atoms with E-state index in [1.54, 1.807) is 38.1 Å². The Kier molecular flexibility index (Phi) is 9.14. The number of hydrogen-bond donors (Lipinski definition) is 5. The summed E-state index contributed by atoms with van der Waals surface area (Å²) in [6, 6.07) is 5.44. The molecule has 8 nitrogen and oxygen atoms in total. The van der Waals surface area contributed by atoms with Crippen molar-refractivity contribution in [3.8, 4) is 0 Å². The van der Waals surface area contributed by atoms with Crippen molar-refractivity contribution in [1.82, 2.24) is 10.6 Å². The van der Waals surface area contributed by atoms with E-state index in [1.807, 2.05) is 13.8 Å². The van der Waals surface area contributed by atoms with Crippen LogP contribution in [0.2, 0.25) is 0 Å². The number of carbonyl (C=O) groups excluding carboxylic acids is 2. The van der Waals surface area contributed by atoms with Crippen molar-refractivity contribution in [3.63, 3.8) is 0 Å². The molecule has 0 fully saturated rings. The monoisotopic (exact) mass is 477 g/mol. The van der Waals surface area contributed by atoms with Crippen LogP contribution in [0.4, 0.5) is 10.5 Å². The van der Waals surface area contributed by atoms with Gasteiger partial charge >= 0.3 is 13.6 Å². The van der Waals surface area contributed by atoms with E-state index >= 15 is 0 Å². The maximum atomic E-state index is 12.8. The summed E-state index contributed by atoms with van der Waals surface area (Å²) in [7, 11) is -4.59. The van der Waals surface area contributed by atoms with Crippen LogP contribution in [-0.4, -0.2) is 33.0 Å². The molecule has 0 aliphatic heterocycles. The Labute approximate surface area is 174 Å². The van der Waals surface area contributed by atoms with Gasteiger partial charge in [-0.3, -0.25) is 9.36 Å². The second kappa shape index (κ2) is 10.4. The molecule has 10 heteroatoms. The molecule has 0 unspecified atom stereocenters. The van der Waals surface area contributed by atoms with E-state index in [2.05, 4.69) is 31.9 Å². The molecule has 0 saturated heterocycles. The van der Waals surface area contributed by atoms with Gasteiger partial charge in [-0.1, -0.05) is 43.6 Å². The highest BCUT2D eigenvalue weighted by Gasteiger charge is 2.46. The lowest BCUT2D eigenvalue weighted by atomic mass is 10.0. The van der Waals surface area contributed by atoms with Gasteiger partial charge in [0.05, 0.1) is 0 Å². The summed E-state index contributed by atoms with van der Waals surface area (Å²) >= 11 is 3.31. The van der Waals surface area contributed by atoms with Gasteiger partial charge in [0.25, 0.3) is 0 Å². The molecule has 5 N–H and O–H groups in total. The summed E-state index contributed by atoms with van der Waals surface area (Å²) in [6.07, 6.45) is 0.461. The molecular formula is C18H29BrN3O5P. The van der Waals surface area contributed by atoms with Gasteiger partial charge in [-0.2, -0.15) is 0 Å². The van der Waals surface area contributed by atoms with Gasteiger partial charge in [0.2, 0.25) is 5.91 Å². The summed E-state index contributed by atoms with van der Waals surface area (Å²) in [5, 5.41) is 6.10. The first kappa shape index (κ1) is 24.6. The maximum absolute atomic E-state index is 12.8. The summed E-state index contributed by atoms with van der Waals surface area (Å²) in [6.45, 7) is 7.00. The molecule has 1 rings (SSSR count). The third-order valence-corrected chi connectivity index (χ3v) is 6.90. The van der Waals surface area contributed by atoms with Crippen LogP contribution in [0.1, 0.15) is 47.0 Å². The molecule has 0 radical (unpaired) electrons. The third-order valence-electron chi connectivity index (χ3n) is 4.51. The average molecular weight is 478 g/mol. The van der Waals surface area contributed by atoms with Crippen LogP contribution in [0.3, 0.4) is 0 Å². The van der Waals surface area contributed by atoms with Gasteiger partial charge in [-0.15, -0.1) is 0 Å². The fourth-order valence-electron chi connectivity index (χ4n) is 2.79. The van der Waals surface area contributed by atoms with Crippen molar-refractivity contribution in [2.75, 3.05) is 5.32 Å². The largest absolute Gasteiger partial charge is 0.350 e. The summed E-state index contributed by atoms with van der Waals surface area (Å²) in [5.41, 5.74) is 0.552. The predicted molar refractivity (Wildman–Crippen MR) is 113 cm³/mol. The number of urea groups is 1. The number of benzene rings is 1. The molecule has 0 spiro atoms. The van der Waals surface area contributed by atoms with Crippen molar-refractivity contribution in [1.29, 1.82) is 0 Å². The Morgan fingerprint density at radius 2 is 1.68 bits per heavy atom. The van der Waals surface area contributed by atoms with E-state index in [0.717, 1.165) is 4.47 Å². The topological polar surface area (TPSA) is 128 Å². The number of halogens is 1. The molecule has 3 amide bonds.